The van der Waals surface area contributed by atoms with Crippen molar-refractivity contribution in [1.29, 1.82) is 10.7 Å². The number of nitro groups is 1. The molecule has 2 heterocycles. The Kier molecular flexibility index (Phi) is 3.70. The Morgan fingerprint density at radius 3 is 2.59 bits per heavy atom. The molecule has 1 aliphatic rings. The minimum atomic E-state index is -1.19. The molecule has 0 radical (unpaired) electrons. The maximum absolute atomic E-state index is 12.7. The zero-order chi connectivity index (χ0) is 19.1. The van der Waals surface area contributed by atoms with E-state index in [1.54, 1.807) is 30.3 Å². The summed E-state index contributed by atoms with van der Waals surface area (Å²) < 4.78 is 10.9. The van der Waals surface area contributed by atoms with Crippen LogP contribution in [0.15, 0.2) is 57.7 Å². The minimum absolute atomic E-state index is 0.00514. The standard InChI is InChI=1S/C19H11N3O5/c20-9-12-15(10-5-1-3-7-13(10)22(24)25)16-17(27-18(12)21)11-6-2-4-8-14(11)26-19(16)23/h1-8,12,15,21H. The lowest BCUT2D eigenvalue weighted by Gasteiger charge is -2.29. The molecule has 2 aromatic carbocycles. The van der Waals surface area contributed by atoms with Gasteiger partial charge in [-0.05, 0) is 12.1 Å². The van der Waals surface area contributed by atoms with Crippen LogP contribution in [0.5, 0.6) is 5.75 Å². The zero-order valence-corrected chi connectivity index (χ0v) is 13.7. The number of nitriles is 1. The molecule has 3 aromatic rings. The van der Waals surface area contributed by atoms with Crippen LogP contribution in [0.3, 0.4) is 0 Å². The van der Waals surface area contributed by atoms with Gasteiger partial charge in [-0.3, -0.25) is 15.5 Å². The van der Waals surface area contributed by atoms with Crippen LogP contribution in [0.1, 0.15) is 17.0 Å². The minimum Gasteiger partial charge on any atom is -0.441 e. The summed E-state index contributed by atoms with van der Waals surface area (Å²) >= 11 is 0. The molecule has 4 rings (SSSR count). The van der Waals surface area contributed by atoms with Gasteiger partial charge in [0.25, 0.3) is 5.69 Å². The molecule has 0 aliphatic carbocycles. The highest BCUT2D eigenvalue weighted by Crippen LogP contribution is 2.45. The third-order valence-corrected chi connectivity index (χ3v) is 4.55. The van der Waals surface area contributed by atoms with E-state index in [1.165, 1.54) is 18.2 Å². The van der Waals surface area contributed by atoms with Gasteiger partial charge in [0.05, 0.1) is 27.9 Å². The highest BCUT2D eigenvalue weighted by atomic mass is 16.6. The number of benzene rings is 2. The van der Waals surface area contributed by atoms with Crippen molar-refractivity contribution >= 4 is 22.6 Å². The second-order valence-corrected chi connectivity index (χ2v) is 6.00. The molecule has 0 fully saturated rings. The number of nitrogens with zero attached hydrogens (tertiary/aromatic N) is 2. The number of rotatable bonds is 2. The van der Waals surface area contributed by atoms with Crippen LogP contribution < -0.4 is 10.4 Å². The lowest BCUT2D eigenvalue weighted by atomic mass is 9.78. The Balaban J connectivity index is 2.10. The SMILES string of the molecule is N#CC1C(=N)Oc2c(c(=O)oc3ccccc23)C1c1ccccc1[N+](=O)[O-]. The van der Waals surface area contributed by atoms with Crippen LogP contribution >= 0.6 is 0 Å². The summed E-state index contributed by atoms with van der Waals surface area (Å²) in [6.07, 6.45) is 0. The Labute approximate surface area is 151 Å². The molecule has 1 N–H and O–H groups in total. The maximum Gasteiger partial charge on any atom is 0.343 e. The van der Waals surface area contributed by atoms with Crippen molar-refractivity contribution in [3.05, 3.63) is 80.2 Å². The van der Waals surface area contributed by atoms with Gasteiger partial charge in [0, 0.05) is 11.6 Å². The van der Waals surface area contributed by atoms with Crippen LogP contribution in [0, 0.1) is 32.8 Å². The summed E-state index contributed by atoms with van der Waals surface area (Å²) in [7, 11) is 0. The van der Waals surface area contributed by atoms with Gasteiger partial charge in [-0.25, -0.2) is 4.79 Å². The molecule has 0 spiro atoms. The van der Waals surface area contributed by atoms with Crippen molar-refractivity contribution in [1.82, 2.24) is 0 Å². The zero-order valence-electron chi connectivity index (χ0n) is 13.7. The van der Waals surface area contributed by atoms with E-state index in [2.05, 4.69) is 0 Å². The third kappa shape index (κ3) is 2.45. The van der Waals surface area contributed by atoms with Gasteiger partial charge in [0.1, 0.15) is 11.5 Å². The summed E-state index contributed by atoms with van der Waals surface area (Å²) in [5.41, 5.74) is -0.558. The Bertz CT molecular complexity index is 1210. The predicted molar refractivity (Wildman–Crippen MR) is 94.9 cm³/mol. The topological polar surface area (TPSA) is 130 Å². The fourth-order valence-corrected chi connectivity index (χ4v) is 3.39. The molecule has 8 heteroatoms. The van der Waals surface area contributed by atoms with E-state index >= 15 is 0 Å². The number of nitrogens with one attached hydrogen (secondary N) is 1. The number of hydrogen-bond donors (Lipinski definition) is 1. The summed E-state index contributed by atoms with van der Waals surface area (Å²) in [6.45, 7) is 0. The van der Waals surface area contributed by atoms with E-state index in [0.29, 0.717) is 5.39 Å². The summed E-state index contributed by atoms with van der Waals surface area (Å²) in [5.74, 6) is -2.51. The van der Waals surface area contributed by atoms with Gasteiger partial charge in [-0.2, -0.15) is 5.26 Å². The molecule has 2 unspecified atom stereocenters. The lowest BCUT2D eigenvalue weighted by Crippen LogP contribution is -2.34. The molecule has 1 aromatic heterocycles. The van der Waals surface area contributed by atoms with Crippen LogP contribution in [0.25, 0.3) is 11.0 Å². The number of ether oxygens (including phenoxy) is 1. The molecular weight excluding hydrogens is 350 g/mol. The van der Waals surface area contributed by atoms with Gasteiger partial charge in [-0.15, -0.1) is 0 Å². The van der Waals surface area contributed by atoms with E-state index < -0.39 is 22.4 Å². The van der Waals surface area contributed by atoms with Crippen molar-refractivity contribution in [2.24, 2.45) is 5.92 Å². The second kappa shape index (κ2) is 6.07. The Morgan fingerprint density at radius 1 is 1.15 bits per heavy atom. The first-order valence-electron chi connectivity index (χ1n) is 7.98. The Morgan fingerprint density at radius 2 is 1.85 bits per heavy atom. The van der Waals surface area contributed by atoms with Gasteiger partial charge in [-0.1, -0.05) is 30.3 Å². The molecule has 0 amide bonds. The molecule has 27 heavy (non-hydrogen) atoms. The fraction of sp³-hybridized carbons (Fsp3) is 0.105. The average Bonchev–Trinajstić information content (AvgIpc) is 2.67. The number of nitro benzene ring substituents is 1. The molecule has 132 valence electrons. The van der Waals surface area contributed by atoms with Crippen molar-refractivity contribution in [2.75, 3.05) is 0 Å². The van der Waals surface area contributed by atoms with Crippen molar-refractivity contribution < 1.29 is 14.1 Å². The largest absolute Gasteiger partial charge is 0.441 e. The van der Waals surface area contributed by atoms with Crippen molar-refractivity contribution in [3.8, 4) is 11.8 Å². The van der Waals surface area contributed by atoms with Gasteiger partial charge in [0.2, 0.25) is 5.90 Å². The average molecular weight is 361 g/mol. The van der Waals surface area contributed by atoms with Crippen LogP contribution in [-0.2, 0) is 0 Å². The second-order valence-electron chi connectivity index (χ2n) is 6.00. The van der Waals surface area contributed by atoms with Crippen LogP contribution in [0.2, 0.25) is 0 Å². The summed E-state index contributed by atoms with van der Waals surface area (Å²) in [4.78, 5) is 23.6. The highest BCUT2D eigenvalue weighted by molar-refractivity contribution is 5.93. The smallest absolute Gasteiger partial charge is 0.343 e. The van der Waals surface area contributed by atoms with Crippen LogP contribution in [0.4, 0.5) is 5.69 Å². The molecule has 0 saturated heterocycles. The first-order valence-corrected chi connectivity index (χ1v) is 7.98. The lowest BCUT2D eigenvalue weighted by molar-refractivity contribution is -0.385. The molecule has 8 nitrogen and oxygen atoms in total. The molecule has 1 aliphatic heterocycles. The summed E-state index contributed by atoms with van der Waals surface area (Å²) in [5, 5.41) is 29.7. The third-order valence-electron chi connectivity index (χ3n) is 4.55. The van der Waals surface area contributed by atoms with E-state index in [0.717, 1.165) is 0 Å². The van der Waals surface area contributed by atoms with Crippen LogP contribution in [-0.4, -0.2) is 10.8 Å². The molecule has 0 bridgehead atoms. The van der Waals surface area contributed by atoms with Gasteiger partial charge in [0.15, 0.2) is 5.75 Å². The number of hydrogen-bond acceptors (Lipinski definition) is 7. The number of para-hydroxylation sites is 2. The van der Waals surface area contributed by atoms with E-state index in [1.807, 2.05) is 6.07 Å². The van der Waals surface area contributed by atoms with Gasteiger partial charge >= 0.3 is 5.63 Å². The molecule has 0 saturated carbocycles. The van der Waals surface area contributed by atoms with Crippen molar-refractivity contribution in [3.63, 3.8) is 0 Å². The number of fused-ring (bicyclic) bond motifs is 3. The molecule has 2 atom stereocenters. The van der Waals surface area contributed by atoms with Crippen molar-refractivity contribution in [2.45, 2.75) is 5.92 Å². The fourth-order valence-electron chi connectivity index (χ4n) is 3.39. The maximum atomic E-state index is 12.7. The molecular formula is C19H11N3O5. The first-order chi connectivity index (χ1) is 13.0. The predicted octanol–water partition coefficient (Wildman–Crippen LogP) is 3.34. The Hall–Kier alpha value is -3.99. The highest BCUT2D eigenvalue weighted by Gasteiger charge is 2.43. The van der Waals surface area contributed by atoms with E-state index in [-0.39, 0.29) is 34.0 Å². The monoisotopic (exact) mass is 361 g/mol. The van der Waals surface area contributed by atoms with E-state index in [4.69, 9.17) is 14.6 Å². The normalized spacial score (nSPS) is 18.4. The first kappa shape index (κ1) is 16.5. The van der Waals surface area contributed by atoms with Gasteiger partial charge < -0.3 is 9.15 Å². The van der Waals surface area contributed by atoms with E-state index in [9.17, 15) is 20.2 Å². The summed E-state index contributed by atoms with van der Waals surface area (Å²) in [6, 6.07) is 14.4. The quantitative estimate of drug-likeness (QED) is 0.423.